The highest BCUT2D eigenvalue weighted by Crippen LogP contribution is 2.44. The minimum atomic E-state index is 0.511. The van der Waals surface area contributed by atoms with Gasteiger partial charge in [0.1, 0.15) is 18.8 Å². The zero-order chi connectivity index (χ0) is 24.3. The Bertz CT molecular complexity index is 1370. The van der Waals surface area contributed by atoms with E-state index in [1.54, 1.807) is 28.4 Å². The molecular formula is C29H33N2O4+. The molecule has 0 fully saturated rings. The molecule has 1 aromatic heterocycles. The fourth-order valence-corrected chi connectivity index (χ4v) is 6.26. The van der Waals surface area contributed by atoms with Crippen molar-refractivity contribution >= 4 is 5.71 Å². The molecule has 0 spiro atoms. The van der Waals surface area contributed by atoms with Crippen LogP contribution in [0.5, 0.6) is 23.0 Å². The third kappa shape index (κ3) is 3.19. The molecule has 2 aromatic carbocycles. The number of methoxy groups -OCH3 is 4. The summed E-state index contributed by atoms with van der Waals surface area (Å²) in [7, 11) is 6.84. The van der Waals surface area contributed by atoms with Gasteiger partial charge in [0.25, 0.3) is 0 Å². The smallest absolute Gasteiger partial charge is 0.231 e. The van der Waals surface area contributed by atoms with Crippen molar-refractivity contribution in [2.45, 2.75) is 38.6 Å². The molecule has 0 saturated heterocycles. The molecule has 3 aliphatic heterocycles. The Balaban J connectivity index is 1.59. The molecule has 0 saturated carbocycles. The van der Waals surface area contributed by atoms with Crippen LogP contribution >= 0.6 is 0 Å². The van der Waals surface area contributed by atoms with E-state index in [0.717, 1.165) is 61.9 Å². The normalized spacial score (nSPS) is 17.6. The number of aryl methyl sites for hydroxylation is 1. The highest BCUT2D eigenvalue weighted by Gasteiger charge is 2.41. The average Bonchev–Trinajstić information content (AvgIpc) is 3.30. The van der Waals surface area contributed by atoms with Gasteiger partial charge >= 0.3 is 0 Å². The SMILES string of the molecule is CC[C@@H]1C[N+]2=C(c3cc(OC)c(OC)cc3CC2)c2c1cc1n2CCc2cc(OC)c(OC)cc2-1. The Morgan fingerprint density at radius 3 is 2.03 bits per heavy atom. The second-order valence-electron chi connectivity index (χ2n) is 9.61. The maximum absolute atomic E-state index is 5.71. The molecule has 0 aliphatic carbocycles. The number of benzene rings is 2. The molecule has 0 radical (unpaired) electrons. The van der Waals surface area contributed by atoms with Gasteiger partial charge < -0.3 is 23.5 Å². The van der Waals surface area contributed by atoms with E-state index >= 15 is 0 Å². The van der Waals surface area contributed by atoms with E-state index in [4.69, 9.17) is 18.9 Å². The summed E-state index contributed by atoms with van der Waals surface area (Å²) in [5, 5.41) is 0. The standard InChI is InChI=1S/C29H33N2O4/c1-6-17-16-30-9-7-19-12-25(33-3)27(35-5)15-22(19)28(30)29-21(17)13-23-20-14-26(34-4)24(32-2)11-18(20)8-10-31(23)29/h11-15,17H,6-10,16H2,1-5H3/q+1/t17-/m1/s1. The van der Waals surface area contributed by atoms with Crippen molar-refractivity contribution in [1.29, 1.82) is 0 Å². The van der Waals surface area contributed by atoms with Crippen LogP contribution in [0.15, 0.2) is 30.3 Å². The summed E-state index contributed by atoms with van der Waals surface area (Å²) in [6, 6.07) is 11.1. The number of nitrogens with zero attached hydrogens (tertiary/aromatic N) is 2. The summed E-state index contributed by atoms with van der Waals surface area (Å²) in [6.45, 7) is 5.33. The number of fused-ring (bicyclic) bond motifs is 8. The van der Waals surface area contributed by atoms with E-state index in [-0.39, 0.29) is 0 Å². The molecule has 0 amide bonds. The minimum absolute atomic E-state index is 0.511. The Labute approximate surface area is 206 Å². The summed E-state index contributed by atoms with van der Waals surface area (Å²) < 4.78 is 27.7. The van der Waals surface area contributed by atoms with Gasteiger partial charge in [-0.3, -0.25) is 0 Å². The molecule has 3 aliphatic rings. The quantitative estimate of drug-likeness (QED) is 0.506. The van der Waals surface area contributed by atoms with Gasteiger partial charge in [0.2, 0.25) is 5.71 Å². The molecule has 3 aromatic rings. The van der Waals surface area contributed by atoms with Crippen molar-refractivity contribution < 1.29 is 23.5 Å². The third-order valence-corrected chi connectivity index (χ3v) is 8.05. The van der Waals surface area contributed by atoms with E-state index in [9.17, 15) is 0 Å². The molecular weight excluding hydrogens is 440 g/mol. The van der Waals surface area contributed by atoms with E-state index < -0.39 is 0 Å². The monoisotopic (exact) mass is 473 g/mol. The molecule has 1 atom stereocenters. The van der Waals surface area contributed by atoms with Crippen molar-refractivity contribution in [3.05, 3.63) is 58.3 Å². The fourth-order valence-electron chi connectivity index (χ4n) is 6.26. The van der Waals surface area contributed by atoms with Crippen LogP contribution in [0.1, 0.15) is 47.2 Å². The predicted molar refractivity (Wildman–Crippen MR) is 136 cm³/mol. The first-order chi connectivity index (χ1) is 17.1. The molecule has 0 bridgehead atoms. The van der Waals surface area contributed by atoms with E-state index in [2.05, 4.69) is 46.4 Å². The minimum Gasteiger partial charge on any atom is -0.493 e. The second-order valence-corrected chi connectivity index (χ2v) is 9.61. The first kappa shape index (κ1) is 22.1. The first-order valence-corrected chi connectivity index (χ1v) is 12.5. The van der Waals surface area contributed by atoms with Crippen LogP contribution in [0.4, 0.5) is 0 Å². The Morgan fingerprint density at radius 2 is 1.40 bits per heavy atom. The van der Waals surface area contributed by atoms with Crippen molar-refractivity contribution in [3.8, 4) is 34.3 Å². The van der Waals surface area contributed by atoms with Crippen LogP contribution in [0.2, 0.25) is 0 Å². The van der Waals surface area contributed by atoms with Crippen LogP contribution < -0.4 is 18.9 Å². The van der Waals surface area contributed by atoms with Crippen molar-refractivity contribution in [1.82, 2.24) is 4.57 Å². The summed E-state index contributed by atoms with van der Waals surface area (Å²) >= 11 is 0. The molecule has 0 unspecified atom stereocenters. The van der Waals surface area contributed by atoms with Crippen LogP contribution in [0.25, 0.3) is 11.3 Å². The van der Waals surface area contributed by atoms with E-state index in [0.29, 0.717) is 5.92 Å². The highest BCUT2D eigenvalue weighted by molar-refractivity contribution is 6.12. The number of aromatic nitrogens is 1. The lowest BCUT2D eigenvalue weighted by atomic mass is 9.85. The highest BCUT2D eigenvalue weighted by atomic mass is 16.5. The zero-order valence-electron chi connectivity index (χ0n) is 21.2. The van der Waals surface area contributed by atoms with Crippen LogP contribution in [-0.2, 0) is 19.4 Å². The Kier molecular flexibility index (Phi) is 5.28. The van der Waals surface area contributed by atoms with Gasteiger partial charge in [0, 0.05) is 30.1 Å². The van der Waals surface area contributed by atoms with E-state index in [1.807, 2.05) is 0 Å². The lowest BCUT2D eigenvalue weighted by Gasteiger charge is -2.29. The van der Waals surface area contributed by atoms with Crippen molar-refractivity contribution in [2.24, 2.45) is 0 Å². The number of hydrogen-bond acceptors (Lipinski definition) is 4. The van der Waals surface area contributed by atoms with Gasteiger partial charge in [-0.1, -0.05) is 6.92 Å². The lowest BCUT2D eigenvalue weighted by molar-refractivity contribution is -0.533. The summed E-state index contributed by atoms with van der Waals surface area (Å²) in [6.07, 6.45) is 3.10. The third-order valence-electron chi connectivity index (χ3n) is 8.05. The zero-order valence-corrected chi connectivity index (χ0v) is 21.2. The molecule has 182 valence electrons. The van der Waals surface area contributed by atoms with Crippen LogP contribution in [0, 0.1) is 0 Å². The summed E-state index contributed by atoms with van der Waals surface area (Å²) in [4.78, 5) is 0. The molecule has 4 heterocycles. The van der Waals surface area contributed by atoms with Gasteiger partial charge in [-0.2, -0.15) is 0 Å². The molecule has 6 nitrogen and oxygen atoms in total. The number of ether oxygens (including phenoxy) is 4. The largest absolute Gasteiger partial charge is 0.493 e. The van der Waals surface area contributed by atoms with Gasteiger partial charge in [0.15, 0.2) is 23.0 Å². The van der Waals surface area contributed by atoms with Gasteiger partial charge in [0.05, 0.1) is 34.0 Å². The van der Waals surface area contributed by atoms with E-state index in [1.165, 1.54) is 44.9 Å². The van der Waals surface area contributed by atoms with Crippen molar-refractivity contribution in [3.63, 3.8) is 0 Å². The van der Waals surface area contributed by atoms with Gasteiger partial charge in [-0.25, -0.2) is 4.58 Å². The maximum atomic E-state index is 5.71. The Morgan fingerprint density at radius 1 is 0.800 bits per heavy atom. The Hall–Kier alpha value is -3.41. The predicted octanol–water partition coefficient (Wildman–Crippen LogP) is 4.66. The maximum Gasteiger partial charge on any atom is 0.231 e. The number of hydrogen-bond donors (Lipinski definition) is 0. The van der Waals surface area contributed by atoms with Gasteiger partial charge in [-0.05, 0) is 59.9 Å². The van der Waals surface area contributed by atoms with Gasteiger partial charge in [-0.15, -0.1) is 0 Å². The van der Waals surface area contributed by atoms with Crippen LogP contribution in [0.3, 0.4) is 0 Å². The average molecular weight is 474 g/mol. The molecule has 6 rings (SSSR count). The molecule has 0 N–H and O–H groups in total. The fraction of sp³-hybridized carbons (Fsp3) is 0.414. The first-order valence-electron chi connectivity index (χ1n) is 12.5. The molecule has 35 heavy (non-hydrogen) atoms. The summed E-state index contributed by atoms with van der Waals surface area (Å²) in [5.41, 5.74) is 10.6. The second kappa shape index (κ2) is 8.36. The lowest BCUT2D eigenvalue weighted by Crippen LogP contribution is -2.39. The van der Waals surface area contributed by atoms with Crippen molar-refractivity contribution in [2.75, 3.05) is 41.5 Å². The van der Waals surface area contributed by atoms with Crippen LogP contribution in [-0.4, -0.2) is 56.4 Å². The number of rotatable bonds is 5. The molecule has 6 heteroatoms. The topological polar surface area (TPSA) is 44.9 Å². The summed E-state index contributed by atoms with van der Waals surface area (Å²) in [5.74, 6) is 3.67.